The van der Waals surface area contributed by atoms with Gasteiger partial charge in [-0.05, 0) is 12.2 Å². The Labute approximate surface area is 140 Å². The summed E-state index contributed by atoms with van der Waals surface area (Å²) in [4.78, 5) is 0. The molecule has 2 aliphatic heterocycles. The summed E-state index contributed by atoms with van der Waals surface area (Å²) in [5.41, 5.74) is 2.64. The molecule has 0 saturated carbocycles. The molecule has 0 bridgehead atoms. The van der Waals surface area contributed by atoms with Crippen LogP contribution in [0.25, 0.3) is 10.8 Å². The zero-order chi connectivity index (χ0) is 15.7. The Morgan fingerprint density at radius 1 is 0.583 bits per heavy atom. The van der Waals surface area contributed by atoms with Crippen LogP contribution in [-0.4, -0.2) is 12.2 Å². The third kappa shape index (κ3) is 1.46. The molecule has 4 aliphatic rings. The Morgan fingerprint density at radius 2 is 1.04 bits per heavy atom. The van der Waals surface area contributed by atoms with Gasteiger partial charge in [-0.2, -0.15) is 0 Å². The quantitative estimate of drug-likeness (QED) is 0.697. The summed E-state index contributed by atoms with van der Waals surface area (Å²) in [6.07, 6.45) is 17.5. The highest BCUT2D eigenvalue weighted by Crippen LogP contribution is 2.57. The van der Waals surface area contributed by atoms with E-state index in [4.69, 9.17) is 9.47 Å². The highest BCUT2D eigenvalue weighted by atomic mass is 16.5. The summed E-state index contributed by atoms with van der Waals surface area (Å²) in [6, 6.07) is 8.45. The van der Waals surface area contributed by atoms with Crippen LogP contribution in [0.5, 0.6) is 11.5 Å². The topological polar surface area (TPSA) is 18.5 Å². The van der Waals surface area contributed by atoms with Gasteiger partial charge in [0.2, 0.25) is 0 Å². The van der Waals surface area contributed by atoms with E-state index in [1.165, 1.54) is 11.1 Å². The summed E-state index contributed by atoms with van der Waals surface area (Å²) in [7, 11) is 0. The highest BCUT2D eigenvalue weighted by Gasteiger charge is 2.44. The van der Waals surface area contributed by atoms with Crippen LogP contribution in [0.3, 0.4) is 0 Å². The Hall–Kier alpha value is -2.74. The van der Waals surface area contributed by atoms with E-state index < -0.39 is 0 Å². The van der Waals surface area contributed by atoms with E-state index in [1.54, 1.807) is 0 Å². The Bertz CT molecular complexity index is 912. The van der Waals surface area contributed by atoms with Crippen LogP contribution in [0.1, 0.15) is 23.0 Å². The largest absolute Gasteiger partial charge is 0.484 e. The van der Waals surface area contributed by atoms with Crippen molar-refractivity contribution >= 4 is 10.8 Å². The minimum absolute atomic E-state index is 0.0991. The maximum atomic E-state index is 6.39. The fourth-order valence-corrected chi connectivity index (χ4v) is 4.52. The van der Waals surface area contributed by atoms with Crippen LogP contribution >= 0.6 is 0 Å². The first-order chi connectivity index (χ1) is 11.9. The fourth-order valence-electron chi connectivity index (χ4n) is 4.52. The van der Waals surface area contributed by atoms with Gasteiger partial charge in [0, 0.05) is 33.7 Å². The molecule has 0 amide bonds. The molecule has 2 heterocycles. The molecule has 2 aromatic carbocycles. The Morgan fingerprint density at radius 3 is 1.54 bits per heavy atom. The second kappa shape index (κ2) is 4.41. The lowest BCUT2D eigenvalue weighted by atomic mass is 9.81. The normalized spacial score (nSPS) is 30.5. The van der Waals surface area contributed by atoms with E-state index in [2.05, 4.69) is 72.9 Å². The van der Waals surface area contributed by atoms with Gasteiger partial charge in [0.15, 0.2) is 0 Å². The Kier molecular flexibility index (Phi) is 2.33. The van der Waals surface area contributed by atoms with Crippen molar-refractivity contribution in [3.05, 3.63) is 84.0 Å². The molecule has 4 unspecified atom stereocenters. The van der Waals surface area contributed by atoms with Crippen LogP contribution in [0.15, 0.2) is 72.9 Å². The van der Waals surface area contributed by atoms with Gasteiger partial charge in [-0.1, -0.05) is 60.7 Å². The van der Waals surface area contributed by atoms with E-state index in [0.717, 1.165) is 22.3 Å². The van der Waals surface area contributed by atoms with Gasteiger partial charge < -0.3 is 9.47 Å². The first-order valence-corrected chi connectivity index (χ1v) is 8.53. The van der Waals surface area contributed by atoms with Gasteiger partial charge in [0.25, 0.3) is 0 Å². The third-order valence-corrected chi connectivity index (χ3v) is 5.54. The monoisotopic (exact) mass is 312 g/mol. The molecule has 2 nitrogen and oxygen atoms in total. The lowest BCUT2D eigenvalue weighted by Crippen LogP contribution is -2.18. The number of allylic oxidation sites excluding steroid dienone is 4. The molecule has 2 heteroatoms. The molecule has 24 heavy (non-hydrogen) atoms. The summed E-state index contributed by atoms with van der Waals surface area (Å²) >= 11 is 0. The maximum Gasteiger partial charge on any atom is 0.132 e. The van der Waals surface area contributed by atoms with Gasteiger partial charge in [-0.3, -0.25) is 0 Å². The second-order valence-corrected chi connectivity index (χ2v) is 6.79. The molecule has 0 radical (unpaired) electrons. The SMILES string of the molecule is C1=CC2Oc3c(c4c(c5ccccc35)OC3C=CC=CC43)C2C=C1. The zero-order valence-electron chi connectivity index (χ0n) is 13.1. The van der Waals surface area contributed by atoms with Crippen molar-refractivity contribution in [2.75, 3.05) is 0 Å². The predicted molar refractivity (Wildman–Crippen MR) is 94.8 cm³/mol. The van der Waals surface area contributed by atoms with Crippen molar-refractivity contribution < 1.29 is 9.47 Å². The van der Waals surface area contributed by atoms with Crippen molar-refractivity contribution in [1.29, 1.82) is 0 Å². The van der Waals surface area contributed by atoms with Gasteiger partial charge in [0.1, 0.15) is 23.7 Å². The van der Waals surface area contributed by atoms with Crippen molar-refractivity contribution in [2.45, 2.75) is 24.0 Å². The maximum absolute atomic E-state index is 6.39. The number of ether oxygens (including phenoxy) is 2. The average Bonchev–Trinajstić information content (AvgIpc) is 3.20. The van der Waals surface area contributed by atoms with E-state index in [-0.39, 0.29) is 24.0 Å². The molecule has 4 atom stereocenters. The van der Waals surface area contributed by atoms with Crippen molar-refractivity contribution in [3.8, 4) is 11.5 Å². The number of rotatable bonds is 0. The molecule has 0 aromatic heterocycles. The molecule has 2 aliphatic carbocycles. The van der Waals surface area contributed by atoms with E-state index in [9.17, 15) is 0 Å². The standard InChI is InChI=1S/C22H16O2/c1-2-8-14-13(7-1)21-19(15-9-3-5-11-17(15)23-21)20-16-10-4-6-12-18(16)24-22(14)20/h1-12,15-18H. The first kappa shape index (κ1) is 12.7. The molecular weight excluding hydrogens is 296 g/mol. The van der Waals surface area contributed by atoms with Crippen LogP contribution < -0.4 is 9.47 Å². The van der Waals surface area contributed by atoms with Crippen LogP contribution in [0.2, 0.25) is 0 Å². The summed E-state index contributed by atoms with van der Waals surface area (Å²) in [5.74, 6) is 2.65. The van der Waals surface area contributed by atoms with Gasteiger partial charge in [-0.15, -0.1) is 0 Å². The van der Waals surface area contributed by atoms with Gasteiger partial charge >= 0.3 is 0 Å². The lowest BCUT2D eigenvalue weighted by Gasteiger charge is -2.18. The summed E-state index contributed by atoms with van der Waals surface area (Å²) in [6.45, 7) is 0. The number of fused-ring (bicyclic) bond motifs is 10. The highest BCUT2D eigenvalue weighted by molar-refractivity contribution is 5.98. The molecule has 6 rings (SSSR count). The molecule has 0 saturated heterocycles. The van der Waals surface area contributed by atoms with Crippen LogP contribution in [0, 0.1) is 0 Å². The van der Waals surface area contributed by atoms with Crippen LogP contribution in [-0.2, 0) is 0 Å². The predicted octanol–water partition coefficient (Wildman–Crippen LogP) is 4.78. The van der Waals surface area contributed by atoms with Crippen molar-refractivity contribution in [2.24, 2.45) is 0 Å². The summed E-state index contributed by atoms with van der Waals surface area (Å²) in [5, 5.41) is 2.32. The van der Waals surface area contributed by atoms with Gasteiger partial charge in [-0.25, -0.2) is 0 Å². The zero-order valence-corrected chi connectivity index (χ0v) is 13.1. The van der Waals surface area contributed by atoms with Gasteiger partial charge in [0.05, 0.1) is 0 Å². The molecule has 116 valence electrons. The van der Waals surface area contributed by atoms with E-state index >= 15 is 0 Å². The molecule has 0 N–H and O–H groups in total. The van der Waals surface area contributed by atoms with E-state index in [0.29, 0.717) is 0 Å². The lowest BCUT2D eigenvalue weighted by molar-refractivity contribution is 0.269. The fraction of sp³-hybridized carbons (Fsp3) is 0.182. The summed E-state index contributed by atoms with van der Waals surface area (Å²) < 4.78 is 12.8. The Balaban J connectivity index is 1.72. The first-order valence-electron chi connectivity index (χ1n) is 8.53. The minimum Gasteiger partial charge on any atom is -0.484 e. The molecular formula is C22H16O2. The number of hydrogen-bond acceptors (Lipinski definition) is 2. The van der Waals surface area contributed by atoms with E-state index in [1.807, 2.05) is 0 Å². The second-order valence-electron chi connectivity index (χ2n) is 6.79. The molecule has 0 spiro atoms. The molecule has 0 fully saturated rings. The third-order valence-electron chi connectivity index (χ3n) is 5.54. The van der Waals surface area contributed by atoms with Crippen molar-refractivity contribution in [3.63, 3.8) is 0 Å². The average molecular weight is 312 g/mol. The van der Waals surface area contributed by atoms with Crippen LogP contribution in [0.4, 0.5) is 0 Å². The minimum atomic E-state index is 0.0991. The molecule has 2 aromatic rings. The number of hydrogen-bond donors (Lipinski definition) is 0. The number of benzene rings is 2. The van der Waals surface area contributed by atoms with Crippen molar-refractivity contribution in [1.82, 2.24) is 0 Å². The smallest absolute Gasteiger partial charge is 0.132 e.